The van der Waals surface area contributed by atoms with Gasteiger partial charge in [0.1, 0.15) is 0 Å². The summed E-state index contributed by atoms with van der Waals surface area (Å²) < 4.78 is 2.30. The lowest BCUT2D eigenvalue weighted by Gasteiger charge is -2.19. The highest BCUT2D eigenvalue weighted by Crippen LogP contribution is 2.32. The van der Waals surface area contributed by atoms with Crippen LogP contribution in [0.2, 0.25) is 0 Å². The van der Waals surface area contributed by atoms with E-state index in [0.29, 0.717) is 6.04 Å². The van der Waals surface area contributed by atoms with Crippen molar-refractivity contribution < 1.29 is 0 Å². The molecule has 1 aliphatic rings. The van der Waals surface area contributed by atoms with Crippen molar-refractivity contribution in [2.45, 2.75) is 44.7 Å². The van der Waals surface area contributed by atoms with E-state index in [4.69, 9.17) is 0 Å². The van der Waals surface area contributed by atoms with Gasteiger partial charge in [0, 0.05) is 30.8 Å². The van der Waals surface area contributed by atoms with E-state index < -0.39 is 0 Å². The van der Waals surface area contributed by atoms with Crippen LogP contribution in [0.3, 0.4) is 0 Å². The second kappa shape index (κ2) is 5.43. The van der Waals surface area contributed by atoms with Gasteiger partial charge in [-0.25, -0.2) is 4.98 Å². The van der Waals surface area contributed by atoms with Crippen LogP contribution in [0.5, 0.6) is 0 Å². The third-order valence-corrected chi connectivity index (χ3v) is 3.94. The smallest absolute Gasteiger partial charge is 0.203 e. The van der Waals surface area contributed by atoms with Gasteiger partial charge in [0.25, 0.3) is 0 Å². The van der Waals surface area contributed by atoms with Crippen LogP contribution >= 0.6 is 0 Å². The number of hydrogen-bond acceptors (Lipinski definition) is 3. The van der Waals surface area contributed by atoms with Crippen molar-refractivity contribution in [3.05, 3.63) is 42.5 Å². The summed E-state index contributed by atoms with van der Waals surface area (Å²) in [5, 5.41) is 3.51. The van der Waals surface area contributed by atoms with Crippen molar-refractivity contribution in [3.8, 4) is 0 Å². The fourth-order valence-corrected chi connectivity index (χ4v) is 2.83. The summed E-state index contributed by atoms with van der Waals surface area (Å²) in [7, 11) is 0. The van der Waals surface area contributed by atoms with Gasteiger partial charge in [-0.2, -0.15) is 0 Å². The Labute approximate surface area is 113 Å². The van der Waals surface area contributed by atoms with Crippen molar-refractivity contribution in [3.63, 3.8) is 0 Å². The quantitative estimate of drug-likeness (QED) is 0.909. The summed E-state index contributed by atoms with van der Waals surface area (Å²) in [6, 6.07) is 4.95. The molecule has 1 saturated carbocycles. The molecule has 2 aromatic heterocycles. The highest BCUT2D eigenvalue weighted by Gasteiger charge is 2.19. The molecule has 4 nitrogen and oxygen atoms in total. The Hall–Kier alpha value is -1.84. The molecule has 1 N–H and O–H groups in total. The molecule has 1 aliphatic carbocycles. The van der Waals surface area contributed by atoms with Gasteiger partial charge in [0.2, 0.25) is 5.95 Å². The third-order valence-electron chi connectivity index (χ3n) is 3.94. The number of hydrogen-bond donors (Lipinski definition) is 1. The first-order valence-electron chi connectivity index (χ1n) is 7.04. The monoisotopic (exact) mass is 256 g/mol. The standard InChI is InChI=1S/C15H20N4/c1-12(13-6-8-16-9-7-13)18-15-17-10-11-19(15)14-4-2-3-5-14/h6-12,14H,2-5H2,1H3,(H,17,18). The molecule has 0 spiro atoms. The molecule has 0 bridgehead atoms. The van der Waals surface area contributed by atoms with Gasteiger partial charge in [-0.1, -0.05) is 12.8 Å². The Morgan fingerprint density at radius 3 is 2.68 bits per heavy atom. The summed E-state index contributed by atoms with van der Waals surface area (Å²) in [5.74, 6) is 0.983. The fraction of sp³-hybridized carbons (Fsp3) is 0.467. The van der Waals surface area contributed by atoms with Crippen LogP contribution in [0.15, 0.2) is 36.9 Å². The Kier molecular flexibility index (Phi) is 3.49. The highest BCUT2D eigenvalue weighted by atomic mass is 15.2. The Bertz CT molecular complexity index is 514. The molecule has 1 fully saturated rings. The minimum absolute atomic E-state index is 0.241. The Morgan fingerprint density at radius 1 is 1.21 bits per heavy atom. The van der Waals surface area contributed by atoms with Crippen molar-refractivity contribution in [2.24, 2.45) is 0 Å². The molecule has 2 heterocycles. The van der Waals surface area contributed by atoms with Crippen molar-refractivity contribution in [2.75, 3.05) is 5.32 Å². The minimum atomic E-state index is 0.241. The first-order chi connectivity index (χ1) is 9.34. The number of anilines is 1. The second-order valence-corrected chi connectivity index (χ2v) is 5.24. The van der Waals surface area contributed by atoms with Gasteiger partial charge in [0.15, 0.2) is 0 Å². The summed E-state index contributed by atoms with van der Waals surface area (Å²) in [6.45, 7) is 2.16. The molecular formula is C15H20N4. The zero-order valence-electron chi connectivity index (χ0n) is 11.3. The molecule has 0 aliphatic heterocycles. The van der Waals surface area contributed by atoms with Crippen LogP contribution in [0.25, 0.3) is 0 Å². The summed E-state index contributed by atoms with van der Waals surface area (Å²) in [4.78, 5) is 8.52. The average molecular weight is 256 g/mol. The lowest BCUT2D eigenvalue weighted by Crippen LogP contribution is -2.14. The van der Waals surface area contributed by atoms with Gasteiger partial charge in [-0.05, 0) is 37.5 Å². The van der Waals surface area contributed by atoms with Gasteiger partial charge in [0.05, 0.1) is 6.04 Å². The lowest BCUT2D eigenvalue weighted by atomic mass is 10.1. The first kappa shape index (κ1) is 12.2. The van der Waals surface area contributed by atoms with E-state index in [1.807, 2.05) is 30.7 Å². The van der Waals surface area contributed by atoms with E-state index in [1.165, 1.54) is 31.2 Å². The molecule has 4 heteroatoms. The van der Waals surface area contributed by atoms with Crippen LogP contribution in [0.4, 0.5) is 5.95 Å². The third kappa shape index (κ3) is 2.62. The first-order valence-corrected chi connectivity index (χ1v) is 7.04. The molecule has 0 aromatic carbocycles. The van der Waals surface area contributed by atoms with Crippen LogP contribution in [0, 0.1) is 0 Å². The van der Waals surface area contributed by atoms with E-state index in [9.17, 15) is 0 Å². The Morgan fingerprint density at radius 2 is 1.95 bits per heavy atom. The topological polar surface area (TPSA) is 42.7 Å². The molecular weight excluding hydrogens is 236 g/mol. The SMILES string of the molecule is CC(Nc1nccn1C1CCCC1)c1ccncc1. The average Bonchev–Trinajstić information content (AvgIpc) is 3.10. The van der Waals surface area contributed by atoms with Crippen molar-refractivity contribution >= 4 is 5.95 Å². The zero-order chi connectivity index (χ0) is 13.1. The van der Waals surface area contributed by atoms with E-state index in [1.54, 1.807) is 0 Å². The van der Waals surface area contributed by atoms with Crippen LogP contribution < -0.4 is 5.32 Å². The molecule has 1 atom stereocenters. The second-order valence-electron chi connectivity index (χ2n) is 5.24. The molecule has 1 unspecified atom stereocenters. The minimum Gasteiger partial charge on any atom is -0.349 e. The normalized spacial score (nSPS) is 17.5. The number of nitrogens with one attached hydrogen (secondary N) is 1. The van der Waals surface area contributed by atoms with Gasteiger partial charge in [-0.3, -0.25) is 4.98 Å². The predicted molar refractivity (Wildman–Crippen MR) is 76.0 cm³/mol. The van der Waals surface area contributed by atoms with E-state index >= 15 is 0 Å². The summed E-state index contributed by atoms with van der Waals surface area (Å²) in [5.41, 5.74) is 1.23. The van der Waals surface area contributed by atoms with Crippen LogP contribution in [0.1, 0.15) is 50.3 Å². The highest BCUT2D eigenvalue weighted by molar-refractivity contribution is 5.32. The maximum atomic E-state index is 4.46. The molecule has 100 valence electrons. The lowest BCUT2D eigenvalue weighted by molar-refractivity contribution is 0.521. The molecule has 0 saturated heterocycles. The molecule has 3 rings (SSSR count). The van der Waals surface area contributed by atoms with Gasteiger partial charge < -0.3 is 9.88 Å². The largest absolute Gasteiger partial charge is 0.349 e. The number of nitrogens with zero attached hydrogens (tertiary/aromatic N) is 3. The Balaban J connectivity index is 1.75. The van der Waals surface area contributed by atoms with E-state index in [2.05, 4.69) is 33.0 Å². The maximum absolute atomic E-state index is 4.46. The number of imidazole rings is 1. The maximum Gasteiger partial charge on any atom is 0.203 e. The molecule has 0 amide bonds. The van der Waals surface area contributed by atoms with E-state index in [-0.39, 0.29) is 6.04 Å². The van der Waals surface area contributed by atoms with Crippen LogP contribution in [-0.2, 0) is 0 Å². The van der Waals surface area contributed by atoms with Crippen LogP contribution in [-0.4, -0.2) is 14.5 Å². The number of pyridine rings is 1. The zero-order valence-corrected chi connectivity index (χ0v) is 11.3. The van der Waals surface area contributed by atoms with E-state index in [0.717, 1.165) is 5.95 Å². The number of aromatic nitrogens is 3. The fourth-order valence-electron chi connectivity index (χ4n) is 2.83. The molecule has 19 heavy (non-hydrogen) atoms. The van der Waals surface area contributed by atoms with Gasteiger partial charge >= 0.3 is 0 Å². The number of rotatable bonds is 4. The summed E-state index contributed by atoms with van der Waals surface area (Å²) >= 11 is 0. The van der Waals surface area contributed by atoms with Gasteiger partial charge in [-0.15, -0.1) is 0 Å². The molecule has 0 radical (unpaired) electrons. The summed E-state index contributed by atoms with van der Waals surface area (Å²) in [6.07, 6.45) is 12.9. The van der Waals surface area contributed by atoms with Crippen molar-refractivity contribution in [1.29, 1.82) is 0 Å². The molecule has 2 aromatic rings. The predicted octanol–water partition coefficient (Wildman–Crippen LogP) is 3.57. The van der Waals surface area contributed by atoms with Crippen molar-refractivity contribution in [1.82, 2.24) is 14.5 Å².